The van der Waals surface area contributed by atoms with Crippen LogP contribution in [-0.4, -0.2) is 40.2 Å². The highest BCUT2D eigenvalue weighted by molar-refractivity contribution is 6.38. The molecule has 0 unspecified atom stereocenters. The number of aliphatic hydroxyl groups is 1. The summed E-state index contributed by atoms with van der Waals surface area (Å²) in [6.45, 7) is 3.64. The predicted molar refractivity (Wildman–Crippen MR) is 92.9 cm³/mol. The highest BCUT2D eigenvalue weighted by Crippen LogP contribution is 2.36. The van der Waals surface area contributed by atoms with Crippen LogP contribution in [0, 0.1) is 5.41 Å². The maximum absolute atomic E-state index is 13.0. The van der Waals surface area contributed by atoms with E-state index >= 15 is 0 Å². The van der Waals surface area contributed by atoms with Crippen molar-refractivity contribution >= 4 is 28.4 Å². The second kappa shape index (κ2) is 6.17. The topological polar surface area (TPSA) is 45.5 Å². The molecule has 1 amide bonds. The maximum Gasteiger partial charge on any atom is 0.272 e. The van der Waals surface area contributed by atoms with Crippen LogP contribution in [0.25, 0.3) is 10.9 Å². The van der Waals surface area contributed by atoms with Crippen molar-refractivity contribution in [3.8, 4) is 0 Å². The largest absolute Gasteiger partial charge is 0.396 e. The SMILES string of the molecule is CCC1(CO)CCN(C(=O)c2c(Cl)c3ccccc3n2C)CC1. The van der Waals surface area contributed by atoms with E-state index < -0.39 is 0 Å². The van der Waals surface area contributed by atoms with Gasteiger partial charge in [-0.3, -0.25) is 4.79 Å². The molecular weight excluding hydrogens is 312 g/mol. The number of nitrogens with zero attached hydrogens (tertiary/aromatic N) is 2. The van der Waals surface area contributed by atoms with Crippen LogP contribution in [0.2, 0.25) is 5.02 Å². The molecule has 0 spiro atoms. The van der Waals surface area contributed by atoms with Gasteiger partial charge in [-0.2, -0.15) is 0 Å². The van der Waals surface area contributed by atoms with E-state index in [-0.39, 0.29) is 17.9 Å². The predicted octanol–water partition coefficient (Wildman–Crippen LogP) is 3.46. The van der Waals surface area contributed by atoms with Crippen LogP contribution in [0.5, 0.6) is 0 Å². The minimum atomic E-state index is -0.0283. The number of halogens is 1. The summed E-state index contributed by atoms with van der Waals surface area (Å²) < 4.78 is 1.88. The Morgan fingerprint density at radius 1 is 1.30 bits per heavy atom. The van der Waals surface area contributed by atoms with E-state index in [1.807, 2.05) is 40.8 Å². The van der Waals surface area contributed by atoms with E-state index in [2.05, 4.69) is 6.92 Å². The molecule has 1 aliphatic heterocycles. The van der Waals surface area contributed by atoms with Crippen LogP contribution in [0.15, 0.2) is 24.3 Å². The molecule has 0 atom stereocenters. The van der Waals surface area contributed by atoms with Gasteiger partial charge in [-0.1, -0.05) is 36.7 Å². The lowest BCUT2D eigenvalue weighted by Crippen LogP contribution is -2.44. The van der Waals surface area contributed by atoms with Crippen LogP contribution in [-0.2, 0) is 7.05 Å². The Bertz CT molecular complexity index is 685. The number of amides is 1. The Kier molecular flexibility index (Phi) is 4.39. The number of likely N-dealkylation sites (tertiary alicyclic amines) is 1. The van der Waals surface area contributed by atoms with E-state index in [1.54, 1.807) is 0 Å². The third-order valence-corrected chi connectivity index (χ3v) is 5.83. The summed E-state index contributed by atoms with van der Waals surface area (Å²) >= 11 is 6.48. The van der Waals surface area contributed by atoms with E-state index in [1.165, 1.54) is 0 Å². The minimum Gasteiger partial charge on any atom is -0.396 e. The molecule has 1 aromatic carbocycles. The zero-order valence-corrected chi connectivity index (χ0v) is 14.4. The van der Waals surface area contributed by atoms with Crippen molar-refractivity contribution in [2.45, 2.75) is 26.2 Å². The van der Waals surface area contributed by atoms with Gasteiger partial charge in [0.2, 0.25) is 0 Å². The fraction of sp³-hybridized carbons (Fsp3) is 0.500. The van der Waals surface area contributed by atoms with Gasteiger partial charge >= 0.3 is 0 Å². The zero-order valence-electron chi connectivity index (χ0n) is 13.7. The van der Waals surface area contributed by atoms with Crippen molar-refractivity contribution in [2.75, 3.05) is 19.7 Å². The number of rotatable bonds is 3. The third kappa shape index (κ3) is 2.64. The number of carbonyl (C=O) groups excluding carboxylic acids is 1. The van der Waals surface area contributed by atoms with E-state index in [9.17, 15) is 9.90 Å². The highest BCUT2D eigenvalue weighted by atomic mass is 35.5. The first-order valence-corrected chi connectivity index (χ1v) is 8.54. The second-order valence-corrected chi connectivity index (χ2v) is 6.92. The zero-order chi connectivity index (χ0) is 16.6. The molecule has 1 fully saturated rings. The molecule has 23 heavy (non-hydrogen) atoms. The van der Waals surface area contributed by atoms with Gasteiger partial charge in [0.1, 0.15) is 5.69 Å². The Morgan fingerprint density at radius 3 is 2.52 bits per heavy atom. The fourth-order valence-corrected chi connectivity index (χ4v) is 3.91. The van der Waals surface area contributed by atoms with E-state index in [4.69, 9.17) is 11.6 Å². The number of aryl methyl sites for hydroxylation is 1. The molecule has 1 aromatic heterocycles. The van der Waals surface area contributed by atoms with Gasteiger partial charge in [0.15, 0.2) is 0 Å². The first kappa shape index (κ1) is 16.3. The lowest BCUT2D eigenvalue weighted by molar-refractivity contribution is 0.0333. The molecule has 5 heteroatoms. The van der Waals surface area contributed by atoms with Gasteiger partial charge < -0.3 is 14.6 Å². The van der Waals surface area contributed by atoms with Gasteiger partial charge in [0.25, 0.3) is 5.91 Å². The molecule has 0 bridgehead atoms. The normalized spacial score (nSPS) is 17.7. The van der Waals surface area contributed by atoms with Crippen molar-refractivity contribution in [2.24, 2.45) is 12.5 Å². The Morgan fingerprint density at radius 2 is 1.96 bits per heavy atom. The summed E-state index contributed by atoms with van der Waals surface area (Å²) in [5.74, 6) is -0.0173. The molecule has 124 valence electrons. The minimum absolute atomic E-state index is 0.0173. The number of hydrogen-bond donors (Lipinski definition) is 1. The van der Waals surface area contributed by atoms with Crippen molar-refractivity contribution in [1.82, 2.24) is 9.47 Å². The van der Waals surface area contributed by atoms with Gasteiger partial charge in [-0.25, -0.2) is 0 Å². The van der Waals surface area contributed by atoms with Crippen molar-refractivity contribution in [3.63, 3.8) is 0 Å². The summed E-state index contributed by atoms with van der Waals surface area (Å²) in [5.41, 5.74) is 1.50. The molecule has 3 rings (SSSR count). The summed E-state index contributed by atoms with van der Waals surface area (Å²) in [6, 6.07) is 7.80. The summed E-state index contributed by atoms with van der Waals surface area (Å²) in [5, 5.41) is 11.1. The van der Waals surface area contributed by atoms with Crippen LogP contribution in [0.3, 0.4) is 0 Å². The number of carbonyl (C=O) groups is 1. The summed E-state index contributed by atoms with van der Waals surface area (Å²) in [6.07, 6.45) is 2.63. The third-order valence-electron chi connectivity index (χ3n) is 5.44. The molecule has 0 radical (unpaired) electrons. The molecule has 2 aromatic rings. The molecule has 1 saturated heterocycles. The number of benzene rings is 1. The quantitative estimate of drug-likeness (QED) is 0.934. The molecule has 2 heterocycles. The van der Waals surface area contributed by atoms with Gasteiger partial charge in [0, 0.05) is 37.6 Å². The van der Waals surface area contributed by atoms with Crippen molar-refractivity contribution in [1.29, 1.82) is 0 Å². The van der Waals surface area contributed by atoms with Crippen LogP contribution < -0.4 is 0 Å². The fourth-order valence-electron chi connectivity index (χ4n) is 3.54. The first-order chi connectivity index (χ1) is 11.0. The second-order valence-electron chi connectivity index (χ2n) is 6.54. The van der Waals surface area contributed by atoms with Gasteiger partial charge in [-0.15, -0.1) is 0 Å². The van der Waals surface area contributed by atoms with E-state index in [0.29, 0.717) is 23.8 Å². The number of fused-ring (bicyclic) bond motifs is 1. The van der Waals surface area contributed by atoms with Crippen LogP contribution >= 0.6 is 11.6 Å². The standard InChI is InChI=1S/C18H23ClN2O2/c1-3-18(12-22)8-10-21(11-9-18)17(23)16-15(19)13-6-4-5-7-14(13)20(16)2/h4-7,22H,3,8-12H2,1-2H3. The lowest BCUT2D eigenvalue weighted by atomic mass is 9.77. The smallest absolute Gasteiger partial charge is 0.272 e. The Labute approximate surface area is 141 Å². The molecule has 1 N–H and O–H groups in total. The van der Waals surface area contributed by atoms with Crippen molar-refractivity contribution < 1.29 is 9.90 Å². The van der Waals surface area contributed by atoms with Crippen molar-refractivity contribution in [3.05, 3.63) is 35.0 Å². The highest BCUT2D eigenvalue weighted by Gasteiger charge is 2.35. The molecular formula is C18H23ClN2O2. The monoisotopic (exact) mass is 334 g/mol. The van der Waals surface area contributed by atoms with Crippen LogP contribution in [0.1, 0.15) is 36.7 Å². The molecule has 1 aliphatic rings. The lowest BCUT2D eigenvalue weighted by Gasteiger charge is -2.40. The number of para-hydroxylation sites is 1. The summed E-state index contributed by atoms with van der Waals surface area (Å²) in [7, 11) is 1.88. The maximum atomic E-state index is 13.0. The molecule has 0 saturated carbocycles. The average Bonchev–Trinajstić information content (AvgIpc) is 2.86. The number of piperidine rings is 1. The van der Waals surface area contributed by atoms with E-state index in [0.717, 1.165) is 30.2 Å². The summed E-state index contributed by atoms with van der Waals surface area (Å²) in [4.78, 5) is 14.8. The first-order valence-electron chi connectivity index (χ1n) is 8.16. The number of aromatic nitrogens is 1. The molecule has 4 nitrogen and oxygen atoms in total. The van der Waals surface area contributed by atoms with Crippen LogP contribution in [0.4, 0.5) is 0 Å². The molecule has 0 aliphatic carbocycles. The number of aliphatic hydroxyl groups excluding tert-OH is 1. The Hall–Kier alpha value is -1.52. The average molecular weight is 335 g/mol. The Balaban J connectivity index is 1.88. The van der Waals surface area contributed by atoms with Gasteiger partial charge in [0.05, 0.1) is 5.02 Å². The van der Waals surface area contributed by atoms with Gasteiger partial charge in [-0.05, 0) is 30.7 Å². The number of hydrogen-bond acceptors (Lipinski definition) is 2.